The summed E-state index contributed by atoms with van der Waals surface area (Å²) in [5.74, 6) is 0.523. The summed E-state index contributed by atoms with van der Waals surface area (Å²) in [6, 6.07) is 18.7. The lowest BCUT2D eigenvalue weighted by Gasteiger charge is -2.12. The number of ether oxygens (including phenoxy) is 2. The first-order valence-electron chi connectivity index (χ1n) is 9.33. The predicted octanol–water partition coefficient (Wildman–Crippen LogP) is 6.78. The molecule has 5 nitrogen and oxygen atoms in total. The number of hydrogen-bond donors (Lipinski definition) is 1. The molecule has 32 heavy (non-hydrogen) atoms. The number of methoxy groups -OCH3 is 1. The molecule has 0 bridgehead atoms. The Kier molecular flexibility index (Phi) is 8.02. The average molecular weight is 488 g/mol. The van der Waals surface area contributed by atoms with Gasteiger partial charge in [-0.3, -0.25) is 4.79 Å². The number of nitrogens with zero attached hydrogens (tertiary/aromatic N) is 1. The Morgan fingerprint density at radius 2 is 1.72 bits per heavy atom. The van der Waals surface area contributed by atoms with Gasteiger partial charge in [-0.25, -0.2) is 0 Å². The fraction of sp³-hybridized carbons (Fsp3) is 0.0833. The van der Waals surface area contributed by atoms with Crippen LogP contribution in [0.3, 0.4) is 0 Å². The third kappa shape index (κ3) is 6.18. The van der Waals surface area contributed by atoms with Gasteiger partial charge in [0.25, 0.3) is 5.91 Å². The van der Waals surface area contributed by atoms with E-state index in [1.165, 1.54) is 6.08 Å². The maximum atomic E-state index is 12.6. The Bertz CT molecular complexity index is 1200. The molecule has 0 unspecified atom stereocenters. The second-order valence-corrected chi connectivity index (χ2v) is 7.84. The molecule has 0 saturated carbocycles. The van der Waals surface area contributed by atoms with E-state index in [9.17, 15) is 10.1 Å². The fourth-order valence-electron chi connectivity index (χ4n) is 2.73. The van der Waals surface area contributed by atoms with Crippen molar-refractivity contribution in [1.82, 2.24) is 0 Å². The number of carbonyl (C=O) groups is 1. The molecule has 0 saturated heterocycles. The quantitative estimate of drug-likeness (QED) is 0.294. The minimum Gasteiger partial charge on any atom is -0.497 e. The molecule has 1 N–H and O–H groups in total. The molecule has 0 radical (unpaired) electrons. The van der Waals surface area contributed by atoms with E-state index in [1.807, 2.05) is 6.07 Å². The van der Waals surface area contributed by atoms with Crippen molar-refractivity contribution in [3.05, 3.63) is 92.4 Å². The fourth-order valence-corrected chi connectivity index (χ4v) is 3.38. The summed E-state index contributed by atoms with van der Waals surface area (Å²) >= 11 is 18.3. The van der Waals surface area contributed by atoms with Crippen LogP contribution in [0, 0.1) is 11.3 Å². The Morgan fingerprint density at radius 1 is 1.03 bits per heavy atom. The van der Waals surface area contributed by atoms with Crippen LogP contribution in [0.1, 0.15) is 11.1 Å². The van der Waals surface area contributed by atoms with Gasteiger partial charge in [-0.15, -0.1) is 0 Å². The third-order valence-electron chi connectivity index (χ3n) is 4.38. The molecule has 0 fully saturated rings. The zero-order valence-electron chi connectivity index (χ0n) is 16.9. The van der Waals surface area contributed by atoms with Gasteiger partial charge in [0.15, 0.2) is 0 Å². The second kappa shape index (κ2) is 10.9. The van der Waals surface area contributed by atoms with Crippen LogP contribution < -0.4 is 14.8 Å². The molecule has 0 atom stereocenters. The Hall–Kier alpha value is -3.17. The number of anilines is 1. The summed E-state index contributed by atoms with van der Waals surface area (Å²) in [5, 5.41) is 13.7. The van der Waals surface area contributed by atoms with Crippen LogP contribution >= 0.6 is 34.8 Å². The molecule has 0 spiro atoms. The highest BCUT2D eigenvalue weighted by atomic mass is 35.5. The third-order valence-corrected chi connectivity index (χ3v) is 5.20. The van der Waals surface area contributed by atoms with Gasteiger partial charge in [-0.1, -0.05) is 40.9 Å². The van der Waals surface area contributed by atoms with Gasteiger partial charge in [0.2, 0.25) is 0 Å². The first-order valence-corrected chi connectivity index (χ1v) is 10.5. The molecule has 8 heteroatoms. The Morgan fingerprint density at radius 3 is 2.38 bits per heavy atom. The minimum absolute atomic E-state index is 0.113. The van der Waals surface area contributed by atoms with Crippen LogP contribution in [-0.4, -0.2) is 13.0 Å². The van der Waals surface area contributed by atoms with Gasteiger partial charge in [0, 0.05) is 31.9 Å². The number of halogens is 3. The number of rotatable bonds is 7. The van der Waals surface area contributed by atoms with Crippen LogP contribution in [0.5, 0.6) is 11.5 Å². The first-order chi connectivity index (χ1) is 15.4. The standard InChI is InChI=1S/C24H17Cl3N2O3/c1-31-21-7-5-20(6-8-21)29-24(30)17(13-28)10-16-11-18(25)4-9-23(16)32-14-15-2-3-19(26)12-22(15)27/h2-12H,14H2,1H3,(H,29,30)/b17-10+. The predicted molar refractivity (Wildman–Crippen MR) is 127 cm³/mol. The highest BCUT2D eigenvalue weighted by Gasteiger charge is 2.13. The highest BCUT2D eigenvalue weighted by molar-refractivity contribution is 6.35. The van der Waals surface area contributed by atoms with E-state index < -0.39 is 5.91 Å². The summed E-state index contributed by atoms with van der Waals surface area (Å²) < 4.78 is 11.0. The Balaban J connectivity index is 1.82. The van der Waals surface area contributed by atoms with Crippen molar-refractivity contribution in [3.63, 3.8) is 0 Å². The molecule has 0 heterocycles. The lowest BCUT2D eigenvalue weighted by molar-refractivity contribution is -0.112. The highest BCUT2D eigenvalue weighted by Crippen LogP contribution is 2.28. The summed E-state index contributed by atoms with van der Waals surface area (Å²) in [5.41, 5.74) is 1.62. The molecule has 0 aromatic heterocycles. The van der Waals surface area contributed by atoms with Crippen molar-refractivity contribution in [1.29, 1.82) is 5.26 Å². The van der Waals surface area contributed by atoms with Gasteiger partial charge in [-0.05, 0) is 60.7 Å². The topological polar surface area (TPSA) is 71.3 Å². The van der Waals surface area contributed by atoms with Gasteiger partial charge in [0.1, 0.15) is 29.7 Å². The number of nitrogens with one attached hydrogen (secondary N) is 1. The van der Waals surface area contributed by atoms with E-state index >= 15 is 0 Å². The molecule has 3 rings (SSSR count). The normalized spacial score (nSPS) is 10.9. The molecule has 0 aliphatic carbocycles. The van der Waals surface area contributed by atoms with Crippen LogP contribution in [0.25, 0.3) is 6.08 Å². The smallest absolute Gasteiger partial charge is 0.266 e. The van der Waals surface area contributed by atoms with Crippen molar-refractivity contribution >= 4 is 52.5 Å². The summed E-state index contributed by atoms with van der Waals surface area (Å²) in [6.07, 6.45) is 1.42. The van der Waals surface area contributed by atoms with E-state index in [2.05, 4.69) is 5.32 Å². The number of amides is 1. The number of hydrogen-bond acceptors (Lipinski definition) is 4. The van der Waals surface area contributed by atoms with E-state index in [1.54, 1.807) is 67.8 Å². The van der Waals surface area contributed by atoms with Crippen LogP contribution in [0.4, 0.5) is 5.69 Å². The SMILES string of the molecule is COc1ccc(NC(=O)/C(C#N)=C/c2cc(Cl)ccc2OCc2ccc(Cl)cc2Cl)cc1. The second-order valence-electron chi connectivity index (χ2n) is 6.56. The van der Waals surface area contributed by atoms with Gasteiger partial charge >= 0.3 is 0 Å². The van der Waals surface area contributed by atoms with Crippen LogP contribution in [0.15, 0.2) is 66.2 Å². The number of carbonyl (C=O) groups excluding carboxylic acids is 1. The lowest BCUT2D eigenvalue weighted by atomic mass is 10.1. The lowest BCUT2D eigenvalue weighted by Crippen LogP contribution is -2.13. The summed E-state index contributed by atoms with van der Waals surface area (Å²) in [6.45, 7) is 0.165. The molecule has 3 aromatic rings. The van der Waals surface area contributed by atoms with Crippen molar-refractivity contribution in [3.8, 4) is 17.6 Å². The van der Waals surface area contributed by atoms with Gasteiger partial charge < -0.3 is 14.8 Å². The maximum Gasteiger partial charge on any atom is 0.266 e. The van der Waals surface area contributed by atoms with E-state index in [-0.39, 0.29) is 12.2 Å². The van der Waals surface area contributed by atoms with Crippen LogP contribution in [0.2, 0.25) is 15.1 Å². The minimum atomic E-state index is -0.565. The van der Waals surface area contributed by atoms with E-state index in [0.717, 1.165) is 5.56 Å². The van der Waals surface area contributed by atoms with E-state index in [0.29, 0.717) is 37.8 Å². The summed E-state index contributed by atoms with van der Waals surface area (Å²) in [4.78, 5) is 12.6. The average Bonchev–Trinajstić information content (AvgIpc) is 2.78. The van der Waals surface area contributed by atoms with Gasteiger partial charge in [0.05, 0.1) is 7.11 Å². The molecule has 162 valence electrons. The number of benzene rings is 3. The van der Waals surface area contributed by atoms with Crippen molar-refractivity contribution in [2.45, 2.75) is 6.61 Å². The molecular formula is C24H17Cl3N2O3. The van der Waals surface area contributed by atoms with Crippen molar-refractivity contribution in [2.24, 2.45) is 0 Å². The molecular weight excluding hydrogens is 471 g/mol. The molecule has 1 amide bonds. The van der Waals surface area contributed by atoms with Crippen molar-refractivity contribution in [2.75, 3.05) is 12.4 Å². The van der Waals surface area contributed by atoms with Crippen molar-refractivity contribution < 1.29 is 14.3 Å². The largest absolute Gasteiger partial charge is 0.497 e. The molecule has 3 aromatic carbocycles. The van der Waals surface area contributed by atoms with Gasteiger partial charge in [-0.2, -0.15) is 5.26 Å². The number of nitriles is 1. The summed E-state index contributed by atoms with van der Waals surface area (Å²) in [7, 11) is 1.55. The maximum absolute atomic E-state index is 12.6. The van der Waals surface area contributed by atoms with Crippen LogP contribution in [-0.2, 0) is 11.4 Å². The monoisotopic (exact) mass is 486 g/mol. The zero-order valence-corrected chi connectivity index (χ0v) is 19.1. The first kappa shape index (κ1) is 23.5. The zero-order chi connectivity index (χ0) is 23.1. The molecule has 0 aliphatic heterocycles. The van der Waals surface area contributed by atoms with E-state index in [4.69, 9.17) is 44.3 Å². The molecule has 0 aliphatic rings. The Labute approximate surface area is 200 Å².